The summed E-state index contributed by atoms with van der Waals surface area (Å²) >= 11 is 12.1. The number of benzene rings is 4. The SMILES string of the molecule is O=C(Nc1ccc(Cl)cc1)N1CC(c2ccc(-c3ccccc3)cc2)C(c2ccc(Cl)cc2)=N1. The van der Waals surface area contributed by atoms with Crippen molar-refractivity contribution < 1.29 is 4.79 Å². The Morgan fingerprint density at radius 2 is 1.29 bits per heavy atom. The molecule has 2 amide bonds. The molecule has 1 aliphatic rings. The average molecular weight is 486 g/mol. The van der Waals surface area contributed by atoms with Crippen molar-refractivity contribution in [3.63, 3.8) is 0 Å². The number of hydrazone groups is 1. The molecule has 34 heavy (non-hydrogen) atoms. The summed E-state index contributed by atoms with van der Waals surface area (Å²) in [7, 11) is 0. The summed E-state index contributed by atoms with van der Waals surface area (Å²) in [4.78, 5) is 13.0. The topological polar surface area (TPSA) is 44.7 Å². The van der Waals surface area contributed by atoms with E-state index in [9.17, 15) is 4.79 Å². The summed E-state index contributed by atoms with van der Waals surface area (Å²) in [6.07, 6.45) is 0. The van der Waals surface area contributed by atoms with Gasteiger partial charge in [0, 0.05) is 21.7 Å². The van der Waals surface area contributed by atoms with E-state index in [1.807, 2.05) is 42.5 Å². The normalized spacial score (nSPS) is 15.2. The van der Waals surface area contributed by atoms with Gasteiger partial charge in [0.2, 0.25) is 0 Å². The van der Waals surface area contributed by atoms with E-state index in [1.165, 1.54) is 5.01 Å². The maximum atomic E-state index is 13.0. The van der Waals surface area contributed by atoms with Gasteiger partial charge in [-0.2, -0.15) is 5.10 Å². The van der Waals surface area contributed by atoms with E-state index in [4.69, 9.17) is 28.3 Å². The number of halogens is 2. The molecule has 0 spiro atoms. The summed E-state index contributed by atoms with van der Waals surface area (Å²) in [5.41, 5.74) is 5.82. The summed E-state index contributed by atoms with van der Waals surface area (Å²) in [5.74, 6) is -0.0676. The first-order valence-corrected chi connectivity index (χ1v) is 11.7. The Kier molecular flexibility index (Phi) is 6.35. The third-order valence-corrected chi connectivity index (χ3v) is 6.31. The van der Waals surface area contributed by atoms with Crippen molar-refractivity contribution in [2.45, 2.75) is 5.92 Å². The lowest BCUT2D eigenvalue weighted by Gasteiger charge is -2.16. The van der Waals surface area contributed by atoms with Crippen LogP contribution < -0.4 is 5.32 Å². The molecule has 5 rings (SSSR count). The minimum atomic E-state index is -0.294. The molecule has 4 aromatic rings. The number of urea groups is 1. The fourth-order valence-electron chi connectivity index (χ4n) is 4.03. The Morgan fingerprint density at radius 1 is 0.735 bits per heavy atom. The average Bonchev–Trinajstić information content (AvgIpc) is 3.32. The summed E-state index contributed by atoms with van der Waals surface area (Å²) in [6.45, 7) is 0.433. The molecule has 0 saturated heterocycles. The van der Waals surface area contributed by atoms with Crippen molar-refractivity contribution in [1.82, 2.24) is 5.01 Å². The maximum Gasteiger partial charge on any atom is 0.342 e. The molecule has 0 aliphatic carbocycles. The van der Waals surface area contributed by atoms with E-state index in [-0.39, 0.29) is 11.9 Å². The fraction of sp³-hybridized carbons (Fsp3) is 0.0714. The number of anilines is 1. The second-order valence-electron chi connectivity index (χ2n) is 8.05. The highest BCUT2D eigenvalue weighted by molar-refractivity contribution is 6.31. The molecule has 4 aromatic carbocycles. The van der Waals surface area contributed by atoms with Gasteiger partial charge in [-0.15, -0.1) is 0 Å². The van der Waals surface area contributed by atoms with E-state index in [1.54, 1.807) is 24.3 Å². The molecule has 0 aromatic heterocycles. The number of rotatable bonds is 4. The van der Waals surface area contributed by atoms with E-state index < -0.39 is 0 Å². The monoisotopic (exact) mass is 485 g/mol. The Labute approximate surface area is 208 Å². The number of amides is 2. The lowest BCUT2D eigenvalue weighted by atomic mass is 9.89. The fourth-order valence-corrected chi connectivity index (χ4v) is 4.28. The first kappa shape index (κ1) is 22.2. The Balaban J connectivity index is 1.43. The lowest BCUT2D eigenvalue weighted by Crippen LogP contribution is -2.30. The number of nitrogens with zero attached hydrogens (tertiary/aromatic N) is 2. The van der Waals surface area contributed by atoms with Crippen LogP contribution in [-0.4, -0.2) is 23.3 Å². The molecular formula is C28H21Cl2N3O. The van der Waals surface area contributed by atoms with Gasteiger partial charge in [0.25, 0.3) is 0 Å². The van der Waals surface area contributed by atoms with Gasteiger partial charge >= 0.3 is 6.03 Å². The maximum absolute atomic E-state index is 13.0. The summed E-state index contributed by atoms with van der Waals surface area (Å²) in [5, 5.41) is 10.4. The third kappa shape index (κ3) is 4.84. The van der Waals surface area contributed by atoms with E-state index in [0.29, 0.717) is 22.3 Å². The zero-order chi connectivity index (χ0) is 23.5. The van der Waals surface area contributed by atoms with Gasteiger partial charge in [-0.1, -0.05) is 89.9 Å². The second-order valence-corrected chi connectivity index (χ2v) is 8.92. The summed E-state index contributed by atoms with van der Waals surface area (Å²) in [6, 6.07) is 33.0. The first-order valence-electron chi connectivity index (χ1n) is 10.9. The van der Waals surface area contributed by atoms with E-state index >= 15 is 0 Å². The van der Waals surface area contributed by atoms with Crippen molar-refractivity contribution in [3.05, 3.63) is 124 Å². The summed E-state index contributed by atoms with van der Waals surface area (Å²) < 4.78 is 0. The standard InChI is InChI=1S/C28H21Cl2N3O/c29-23-12-10-22(11-13-23)27-26(21-8-6-20(7-9-21)19-4-2-1-3-5-19)18-33(32-27)28(34)31-25-16-14-24(30)15-17-25/h1-17,26H,18H2,(H,31,34). The lowest BCUT2D eigenvalue weighted by molar-refractivity contribution is 0.218. The Morgan fingerprint density at radius 3 is 1.94 bits per heavy atom. The van der Waals surface area contributed by atoms with Gasteiger partial charge in [0.15, 0.2) is 0 Å². The molecule has 4 nitrogen and oxygen atoms in total. The van der Waals surface area contributed by atoms with Gasteiger partial charge in [-0.05, 0) is 58.7 Å². The molecule has 1 aliphatic heterocycles. The van der Waals surface area contributed by atoms with Gasteiger partial charge in [0.1, 0.15) is 0 Å². The largest absolute Gasteiger partial charge is 0.342 e. The smallest absolute Gasteiger partial charge is 0.306 e. The van der Waals surface area contributed by atoms with Crippen molar-refractivity contribution in [3.8, 4) is 11.1 Å². The zero-order valence-electron chi connectivity index (χ0n) is 18.2. The van der Waals surface area contributed by atoms with E-state index in [2.05, 4.69) is 41.7 Å². The quantitative estimate of drug-likeness (QED) is 0.316. The third-order valence-electron chi connectivity index (χ3n) is 5.80. The molecule has 1 unspecified atom stereocenters. The zero-order valence-corrected chi connectivity index (χ0v) is 19.7. The van der Waals surface area contributed by atoms with Crippen molar-refractivity contribution >= 4 is 40.6 Å². The van der Waals surface area contributed by atoms with Crippen LogP contribution in [0, 0.1) is 0 Å². The van der Waals surface area contributed by atoms with Gasteiger partial charge in [-0.3, -0.25) is 0 Å². The molecule has 0 bridgehead atoms. The Hall–Kier alpha value is -3.60. The van der Waals surface area contributed by atoms with Crippen LogP contribution in [0.15, 0.2) is 108 Å². The molecule has 1 atom stereocenters. The highest BCUT2D eigenvalue weighted by Gasteiger charge is 2.32. The van der Waals surface area contributed by atoms with Crippen LogP contribution in [0.4, 0.5) is 10.5 Å². The Bertz CT molecular complexity index is 1320. The van der Waals surface area contributed by atoms with Crippen LogP contribution in [0.1, 0.15) is 17.0 Å². The van der Waals surface area contributed by atoms with Gasteiger partial charge in [-0.25, -0.2) is 9.80 Å². The van der Waals surface area contributed by atoms with Crippen molar-refractivity contribution in [2.75, 3.05) is 11.9 Å². The number of carbonyl (C=O) groups is 1. The van der Waals surface area contributed by atoms with Crippen LogP contribution >= 0.6 is 23.2 Å². The van der Waals surface area contributed by atoms with Crippen LogP contribution in [0.2, 0.25) is 10.0 Å². The molecule has 0 radical (unpaired) electrons. The van der Waals surface area contributed by atoms with Crippen molar-refractivity contribution in [1.29, 1.82) is 0 Å². The molecule has 1 heterocycles. The van der Waals surface area contributed by atoms with Gasteiger partial charge < -0.3 is 5.32 Å². The molecule has 0 fully saturated rings. The molecule has 0 saturated carbocycles. The van der Waals surface area contributed by atoms with Crippen LogP contribution in [0.5, 0.6) is 0 Å². The van der Waals surface area contributed by atoms with Crippen LogP contribution in [0.3, 0.4) is 0 Å². The molecule has 1 N–H and O–H groups in total. The molecular weight excluding hydrogens is 465 g/mol. The van der Waals surface area contributed by atoms with Crippen molar-refractivity contribution in [2.24, 2.45) is 5.10 Å². The van der Waals surface area contributed by atoms with Crippen LogP contribution in [0.25, 0.3) is 11.1 Å². The predicted octanol–water partition coefficient (Wildman–Crippen LogP) is 7.70. The number of hydrogen-bond donors (Lipinski definition) is 1. The highest BCUT2D eigenvalue weighted by Crippen LogP contribution is 2.31. The van der Waals surface area contributed by atoms with Crippen LogP contribution in [-0.2, 0) is 0 Å². The predicted molar refractivity (Wildman–Crippen MR) is 140 cm³/mol. The molecule has 168 valence electrons. The second kappa shape index (κ2) is 9.72. The number of carbonyl (C=O) groups excluding carboxylic acids is 1. The molecule has 6 heteroatoms. The van der Waals surface area contributed by atoms with E-state index in [0.717, 1.165) is 28.0 Å². The van der Waals surface area contributed by atoms with Gasteiger partial charge in [0.05, 0.1) is 12.3 Å². The highest BCUT2D eigenvalue weighted by atomic mass is 35.5. The number of nitrogens with one attached hydrogen (secondary N) is 1. The number of hydrogen-bond acceptors (Lipinski definition) is 2. The minimum absolute atomic E-state index is 0.0676. The first-order chi connectivity index (χ1) is 16.6. The minimum Gasteiger partial charge on any atom is -0.306 e.